The van der Waals surface area contributed by atoms with Gasteiger partial charge in [-0.3, -0.25) is 9.69 Å². The van der Waals surface area contributed by atoms with E-state index in [1.54, 1.807) is 16.7 Å². The molecule has 2 fully saturated rings. The summed E-state index contributed by atoms with van der Waals surface area (Å²) in [6, 6.07) is -0.723. The largest absolute Gasteiger partial charge is 0.395 e. The van der Waals surface area contributed by atoms with Crippen molar-refractivity contribution < 1.29 is 27.9 Å². The number of aryl methyl sites for hydroxylation is 1. The number of rotatable bonds is 5. The van der Waals surface area contributed by atoms with Crippen molar-refractivity contribution in [2.75, 3.05) is 33.4 Å². The fourth-order valence-electron chi connectivity index (χ4n) is 3.37. The summed E-state index contributed by atoms with van der Waals surface area (Å²) < 4.78 is 37.2. The quantitative estimate of drug-likeness (QED) is 0.844. The van der Waals surface area contributed by atoms with Crippen LogP contribution >= 0.6 is 0 Å². The van der Waals surface area contributed by atoms with Crippen LogP contribution in [0.5, 0.6) is 0 Å². The number of hydrogen-bond acceptors (Lipinski definition) is 6. The van der Waals surface area contributed by atoms with Crippen LogP contribution in [0.3, 0.4) is 0 Å². The minimum atomic E-state index is -2.79. The van der Waals surface area contributed by atoms with E-state index in [0.29, 0.717) is 24.4 Å². The number of ether oxygens (including phenoxy) is 1. The van der Waals surface area contributed by atoms with Gasteiger partial charge in [0.15, 0.2) is 5.69 Å². The second-order valence-corrected chi connectivity index (χ2v) is 6.43. The van der Waals surface area contributed by atoms with E-state index in [1.165, 1.54) is 7.11 Å². The van der Waals surface area contributed by atoms with Crippen molar-refractivity contribution in [3.63, 3.8) is 0 Å². The third-order valence-electron chi connectivity index (χ3n) is 4.72. The maximum Gasteiger partial charge on any atom is 0.276 e. The molecule has 24 heavy (non-hydrogen) atoms. The van der Waals surface area contributed by atoms with E-state index < -0.39 is 12.0 Å². The van der Waals surface area contributed by atoms with Crippen molar-refractivity contribution in [2.24, 2.45) is 0 Å². The number of hydrogen-bond donors (Lipinski definition) is 1. The number of amides is 1. The zero-order valence-electron chi connectivity index (χ0n) is 13.7. The van der Waals surface area contributed by atoms with Crippen LogP contribution in [0.1, 0.15) is 28.2 Å². The summed E-state index contributed by atoms with van der Waals surface area (Å²) in [6.07, 6.45) is -0.339. The van der Waals surface area contributed by atoms with E-state index >= 15 is 0 Å². The maximum atomic E-state index is 13.5. The Hall–Kier alpha value is -1.58. The smallest absolute Gasteiger partial charge is 0.276 e. The average Bonchev–Trinajstić information content (AvgIpc) is 2.98. The molecule has 7 nitrogen and oxygen atoms in total. The van der Waals surface area contributed by atoms with E-state index in [1.807, 2.05) is 0 Å². The Kier molecular flexibility index (Phi) is 4.58. The van der Waals surface area contributed by atoms with Gasteiger partial charge in [0.05, 0.1) is 25.3 Å². The zero-order valence-corrected chi connectivity index (χ0v) is 13.7. The van der Waals surface area contributed by atoms with Crippen molar-refractivity contribution >= 4 is 5.91 Å². The second-order valence-electron chi connectivity index (χ2n) is 6.43. The summed E-state index contributed by atoms with van der Waals surface area (Å²) in [5.41, 5.74) is 0.810. The van der Waals surface area contributed by atoms with Gasteiger partial charge in [-0.25, -0.2) is 8.78 Å². The van der Waals surface area contributed by atoms with Crippen LogP contribution in [0.2, 0.25) is 0 Å². The fourth-order valence-corrected chi connectivity index (χ4v) is 3.37. The lowest BCUT2D eigenvalue weighted by Crippen LogP contribution is -2.62. The Morgan fingerprint density at radius 3 is 2.83 bits per heavy atom. The van der Waals surface area contributed by atoms with Crippen LogP contribution in [-0.2, 0) is 11.3 Å². The van der Waals surface area contributed by atoms with Gasteiger partial charge in [-0.1, -0.05) is 5.16 Å². The molecule has 2 aliphatic heterocycles. The van der Waals surface area contributed by atoms with Crippen molar-refractivity contribution in [3.05, 3.63) is 17.0 Å². The number of likely N-dealkylation sites (tertiary alicyclic amines) is 2. The Bertz CT molecular complexity index is 616. The Morgan fingerprint density at radius 1 is 1.50 bits per heavy atom. The van der Waals surface area contributed by atoms with Crippen LogP contribution in [0.15, 0.2) is 4.52 Å². The predicted octanol–water partition coefficient (Wildman–Crippen LogP) is 0.656. The standard InChI is InChI=1S/C15H21F2N3O4/c1-9-12(7-23-2)13(18-24-9)14(22)19-4-11(5-19)20-8-15(16,17)3-10(20)6-21/h10-11,21H,3-8H2,1-2H3/t10-/m0/s1. The first-order valence-corrected chi connectivity index (χ1v) is 7.84. The summed E-state index contributed by atoms with van der Waals surface area (Å²) >= 11 is 0. The maximum absolute atomic E-state index is 13.5. The number of aromatic nitrogens is 1. The SMILES string of the molecule is COCc1c(C(=O)N2CC(N3CC(F)(F)C[C@H]3CO)C2)noc1C. The van der Waals surface area contributed by atoms with E-state index in [2.05, 4.69) is 5.16 Å². The van der Waals surface area contributed by atoms with Crippen molar-refractivity contribution in [3.8, 4) is 0 Å². The third kappa shape index (κ3) is 3.03. The molecular weight excluding hydrogens is 324 g/mol. The van der Waals surface area contributed by atoms with Gasteiger partial charge in [0.1, 0.15) is 5.76 Å². The molecule has 1 aromatic heterocycles. The normalized spacial score (nSPS) is 24.4. The van der Waals surface area contributed by atoms with E-state index in [9.17, 15) is 18.7 Å². The number of aliphatic hydroxyl groups excluding tert-OH is 1. The molecule has 3 heterocycles. The summed E-state index contributed by atoms with van der Waals surface area (Å²) in [7, 11) is 1.52. The van der Waals surface area contributed by atoms with Gasteiger partial charge in [0.2, 0.25) is 0 Å². The number of halogens is 2. The lowest BCUT2D eigenvalue weighted by molar-refractivity contribution is -0.0128. The van der Waals surface area contributed by atoms with Crippen molar-refractivity contribution in [1.29, 1.82) is 0 Å². The highest BCUT2D eigenvalue weighted by Crippen LogP contribution is 2.35. The monoisotopic (exact) mass is 345 g/mol. The Labute approximate surface area is 138 Å². The van der Waals surface area contributed by atoms with Gasteiger partial charge in [-0.15, -0.1) is 0 Å². The molecule has 0 saturated carbocycles. The molecule has 0 radical (unpaired) electrons. The second kappa shape index (κ2) is 6.38. The number of carbonyl (C=O) groups is 1. The number of methoxy groups -OCH3 is 1. The van der Waals surface area contributed by atoms with E-state index in [4.69, 9.17) is 9.26 Å². The number of nitrogens with zero attached hydrogens (tertiary/aromatic N) is 3. The molecule has 2 aliphatic rings. The molecule has 1 atom stereocenters. The molecule has 0 aromatic carbocycles. The fraction of sp³-hybridized carbons (Fsp3) is 0.733. The molecule has 0 unspecified atom stereocenters. The van der Waals surface area contributed by atoms with Crippen LogP contribution in [-0.4, -0.2) is 77.3 Å². The molecule has 0 spiro atoms. The molecule has 9 heteroatoms. The lowest BCUT2D eigenvalue weighted by Gasteiger charge is -2.45. The topological polar surface area (TPSA) is 79.0 Å². The number of alkyl halides is 2. The van der Waals surface area contributed by atoms with Gasteiger partial charge in [0.25, 0.3) is 11.8 Å². The zero-order chi connectivity index (χ0) is 17.5. The first-order valence-electron chi connectivity index (χ1n) is 7.84. The van der Waals surface area contributed by atoms with Gasteiger partial charge >= 0.3 is 0 Å². The minimum absolute atomic E-state index is 0.168. The first kappa shape index (κ1) is 17.2. The number of aliphatic hydroxyl groups is 1. The molecule has 2 saturated heterocycles. The van der Waals surface area contributed by atoms with Crippen molar-refractivity contribution in [2.45, 2.75) is 38.0 Å². The lowest BCUT2D eigenvalue weighted by atomic mass is 10.0. The molecular formula is C15H21F2N3O4. The van der Waals surface area contributed by atoms with Crippen LogP contribution in [0.4, 0.5) is 8.78 Å². The van der Waals surface area contributed by atoms with Crippen molar-refractivity contribution in [1.82, 2.24) is 15.0 Å². The van der Waals surface area contributed by atoms with Gasteiger partial charge in [0, 0.05) is 38.7 Å². The van der Waals surface area contributed by atoms with Crippen LogP contribution in [0, 0.1) is 6.92 Å². The summed E-state index contributed by atoms with van der Waals surface area (Å²) in [6.45, 7) is 1.92. The van der Waals surface area contributed by atoms with E-state index in [-0.39, 0.29) is 43.8 Å². The van der Waals surface area contributed by atoms with Gasteiger partial charge in [-0.2, -0.15) is 0 Å². The molecule has 0 bridgehead atoms. The van der Waals surface area contributed by atoms with Crippen LogP contribution in [0.25, 0.3) is 0 Å². The number of carbonyl (C=O) groups excluding carboxylic acids is 1. The van der Waals surface area contributed by atoms with E-state index in [0.717, 1.165) is 0 Å². The molecule has 1 N–H and O–H groups in total. The minimum Gasteiger partial charge on any atom is -0.395 e. The highest BCUT2D eigenvalue weighted by molar-refractivity contribution is 5.94. The molecule has 0 aliphatic carbocycles. The first-order chi connectivity index (χ1) is 11.4. The molecule has 3 rings (SSSR count). The molecule has 1 aromatic rings. The Balaban J connectivity index is 1.63. The predicted molar refractivity (Wildman–Crippen MR) is 78.8 cm³/mol. The summed E-state index contributed by atoms with van der Waals surface area (Å²) in [5.74, 6) is -2.55. The Morgan fingerprint density at radius 2 is 2.21 bits per heavy atom. The molecule has 134 valence electrons. The highest BCUT2D eigenvalue weighted by atomic mass is 19.3. The third-order valence-corrected chi connectivity index (χ3v) is 4.72. The van der Waals surface area contributed by atoms with Crippen LogP contribution < -0.4 is 0 Å². The van der Waals surface area contributed by atoms with Gasteiger partial charge < -0.3 is 19.3 Å². The summed E-state index contributed by atoms with van der Waals surface area (Å²) in [4.78, 5) is 15.7. The molecule has 1 amide bonds. The van der Waals surface area contributed by atoms with Gasteiger partial charge in [-0.05, 0) is 6.92 Å². The highest BCUT2D eigenvalue weighted by Gasteiger charge is 2.50. The average molecular weight is 345 g/mol. The summed E-state index contributed by atoms with van der Waals surface area (Å²) in [5, 5.41) is 13.1.